The number of nitrogens with one attached hydrogen (secondary N) is 1. The zero-order valence-corrected chi connectivity index (χ0v) is 17.8. The molecular formula is C16H20ClN2O6S2+. The Kier molecular flexibility index (Phi) is 4.23. The molecule has 1 aromatic heterocycles. The molecule has 2 unspecified atom stereocenters. The number of halogens is 1. The van der Waals surface area contributed by atoms with Gasteiger partial charge in [0.2, 0.25) is 9.84 Å². The molecule has 27 heavy (non-hydrogen) atoms. The van der Waals surface area contributed by atoms with Crippen LogP contribution in [-0.4, -0.2) is 52.5 Å². The fourth-order valence-corrected chi connectivity index (χ4v) is 6.81. The maximum atomic E-state index is 13.0. The number of aromatic carboxylic acids is 1. The molecule has 0 aliphatic carbocycles. The van der Waals surface area contributed by atoms with E-state index in [1.807, 2.05) is 0 Å². The van der Waals surface area contributed by atoms with E-state index < -0.39 is 37.9 Å². The third kappa shape index (κ3) is 3.03. The second-order valence-electron chi connectivity index (χ2n) is 7.96. The highest BCUT2D eigenvalue weighted by Gasteiger charge is 2.82. The smallest absolute Gasteiger partial charge is 0.477 e. The van der Waals surface area contributed by atoms with Crippen molar-refractivity contribution in [1.29, 1.82) is 0 Å². The van der Waals surface area contributed by atoms with Crippen LogP contribution in [0.3, 0.4) is 0 Å². The molecule has 8 nitrogen and oxygen atoms in total. The first kappa shape index (κ1) is 20.1. The Bertz CT molecular complexity index is 993. The molecule has 148 valence electrons. The van der Waals surface area contributed by atoms with Crippen LogP contribution in [0.2, 0.25) is 5.02 Å². The van der Waals surface area contributed by atoms with Gasteiger partial charge in [0.25, 0.3) is 0 Å². The quantitative estimate of drug-likeness (QED) is 0.674. The molecule has 0 saturated carbocycles. The molecule has 1 fully saturated rings. The first-order valence-electron chi connectivity index (χ1n) is 8.07. The van der Waals surface area contributed by atoms with Crippen molar-refractivity contribution in [2.24, 2.45) is 0 Å². The van der Waals surface area contributed by atoms with E-state index in [0.29, 0.717) is 4.88 Å². The average molecular weight is 436 g/mol. The predicted octanol–water partition coefficient (Wildman–Crippen LogP) is 1.19. The summed E-state index contributed by atoms with van der Waals surface area (Å²) in [6, 6.07) is 1.29. The molecule has 2 aliphatic heterocycles. The number of carboxylic acids is 1. The molecule has 2 aliphatic rings. The summed E-state index contributed by atoms with van der Waals surface area (Å²) >= 11 is 7.09. The van der Waals surface area contributed by atoms with Crippen molar-refractivity contribution in [3.05, 3.63) is 20.8 Å². The van der Waals surface area contributed by atoms with Gasteiger partial charge in [-0.15, -0.1) is 16.2 Å². The number of carbonyl (C=O) groups is 2. The summed E-state index contributed by atoms with van der Waals surface area (Å²) in [7, 11) is -3.79. The molecule has 1 saturated heterocycles. The summed E-state index contributed by atoms with van der Waals surface area (Å²) in [6.07, 6.45) is -0.760. The van der Waals surface area contributed by atoms with Gasteiger partial charge in [-0.25, -0.2) is 13.2 Å². The average Bonchev–Trinajstić information content (AvgIpc) is 2.86. The van der Waals surface area contributed by atoms with Crippen molar-refractivity contribution in [3.63, 3.8) is 0 Å². The standard InChI is InChI=1S/C16H19ClN2O6S2/c1-14(2,3)25-13(22)19-12-16(19,5)27(23,24)7-15(4,18-12)10-8(17)6-9(26-10)11(20)21/h6H,7H2,1-5H3,(H,20,21)/p+1. The predicted molar refractivity (Wildman–Crippen MR) is 99.9 cm³/mol. The molecule has 0 bridgehead atoms. The van der Waals surface area contributed by atoms with Crippen molar-refractivity contribution in [3.8, 4) is 0 Å². The molecule has 11 heteroatoms. The number of hydrogen-bond donors (Lipinski definition) is 2. The summed E-state index contributed by atoms with van der Waals surface area (Å²) in [5.41, 5.74) is -1.94. The second-order valence-corrected chi connectivity index (χ2v) is 11.7. The van der Waals surface area contributed by atoms with Crippen LogP contribution in [-0.2, 0) is 20.1 Å². The maximum Gasteiger partial charge on any atom is 0.509 e. The Hall–Kier alpha value is -1.65. The Morgan fingerprint density at radius 2 is 1.96 bits per heavy atom. The lowest BCUT2D eigenvalue weighted by Gasteiger charge is -2.24. The van der Waals surface area contributed by atoms with Crippen molar-refractivity contribution >= 4 is 50.7 Å². The minimum atomic E-state index is -3.79. The number of amides is 1. The van der Waals surface area contributed by atoms with E-state index >= 15 is 0 Å². The van der Waals surface area contributed by atoms with Crippen LogP contribution in [0, 0.1) is 0 Å². The van der Waals surface area contributed by atoms with Gasteiger partial charge in [0.15, 0.2) is 5.54 Å². The summed E-state index contributed by atoms with van der Waals surface area (Å²) in [5.74, 6) is -1.29. The van der Waals surface area contributed by atoms with Gasteiger partial charge in [-0.3, -0.25) is 4.99 Å². The molecule has 0 radical (unpaired) electrons. The highest BCUT2D eigenvalue weighted by molar-refractivity contribution is 7.94. The number of carbonyl (C=O) groups excluding carboxylic acids is 1. The zero-order chi connectivity index (χ0) is 20.6. The Morgan fingerprint density at radius 1 is 1.37 bits per heavy atom. The summed E-state index contributed by atoms with van der Waals surface area (Å²) in [6.45, 7) is 8.13. The number of rotatable bonds is 2. The zero-order valence-electron chi connectivity index (χ0n) is 15.4. The highest BCUT2D eigenvalue weighted by Crippen LogP contribution is 2.45. The fraction of sp³-hybridized carbons (Fsp3) is 0.562. The van der Waals surface area contributed by atoms with E-state index in [1.54, 1.807) is 27.7 Å². The van der Waals surface area contributed by atoms with Crippen LogP contribution in [0.25, 0.3) is 0 Å². The van der Waals surface area contributed by atoms with Crippen LogP contribution < -0.4 is 4.99 Å². The number of hydrogen-bond acceptors (Lipinski definition) is 6. The number of thiophene rings is 1. The van der Waals surface area contributed by atoms with Crippen LogP contribution in [0.1, 0.15) is 49.2 Å². The Labute approximate surface area is 165 Å². The SMILES string of the molecule is CC(C)(C)OC(=O)N1C2=[NH+]C(C)(c3sc(C(=O)O)cc3Cl)CS(=O)(=O)C21C. The Morgan fingerprint density at radius 3 is 2.44 bits per heavy atom. The van der Waals surface area contributed by atoms with Gasteiger partial charge in [-0.05, 0) is 33.8 Å². The number of carboxylic acid groups (broad SMARTS) is 1. The van der Waals surface area contributed by atoms with E-state index in [4.69, 9.17) is 16.3 Å². The monoisotopic (exact) mass is 435 g/mol. The maximum absolute atomic E-state index is 13.0. The molecule has 1 aromatic rings. The lowest BCUT2D eigenvalue weighted by molar-refractivity contribution is -0.551. The number of sulfone groups is 1. The fourth-order valence-electron chi connectivity index (χ4n) is 3.14. The largest absolute Gasteiger partial charge is 0.509 e. The van der Waals surface area contributed by atoms with Gasteiger partial charge in [-0.2, -0.15) is 4.79 Å². The molecule has 2 N–H and O–H groups in total. The van der Waals surface area contributed by atoms with Gasteiger partial charge in [0.1, 0.15) is 16.2 Å². The van der Waals surface area contributed by atoms with Gasteiger partial charge >= 0.3 is 22.8 Å². The van der Waals surface area contributed by atoms with Crippen molar-refractivity contribution in [1.82, 2.24) is 4.90 Å². The van der Waals surface area contributed by atoms with Gasteiger partial charge in [0, 0.05) is 6.92 Å². The van der Waals surface area contributed by atoms with Crippen LogP contribution >= 0.6 is 22.9 Å². The lowest BCUT2D eigenvalue weighted by Crippen LogP contribution is -2.87. The summed E-state index contributed by atoms with van der Waals surface area (Å²) < 4.78 is 31.3. The molecule has 3 rings (SSSR count). The molecule has 3 heterocycles. The van der Waals surface area contributed by atoms with Crippen molar-refractivity contribution in [2.75, 3.05) is 5.75 Å². The highest BCUT2D eigenvalue weighted by atomic mass is 35.5. The van der Waals surface area contributed by atoms with Crippen LogP contribution in [0.15, 0.2) is 6.07 Å². The van der Waals surface area contributed by atoms with Crippen LogP contribution in [0.5, 0.6) is 0 Å². The number of ether oxygens (including phenoxy) is 1. The third-order valence-corrected chi connectivity index (χ3v) is 8.83. The normalized spacial score (nSPS) is 29.0. The van der Waals surface area contributed by atoms with Gasteiger partial charge in [-0.1, -0.05) is 11.6 Å². The Balaban J connectivity index is 2.07. The number of nitrogens with zero attached hydrogens (tertiary/aromatic N) is 1. The summed E-state index contributed by atoms with van der Waals surface area (Å²) in [4.78, 5) is 26.8. The van der Waals surface area contributed by atoms with Crippen molar-refractivity contribution < 1.29 is 32.8 Å². The topological polar surface area (TPSA) is 115 Å². The van der Waals surface area contributed by atoms with E-state index in [2.05, 4.69) is 4.99 Å². The van der Waals surface area contributed by atoms with E-state index in [1.165, 1.54) is 13.0 Å². The van der Waals surface area contributed by atoms with E-state index in [0.717, 1.165) is 16.2 Å². The first-order valence-corrected chi connectivity index (χ1v) is 10.9. The second kappa shape index (κ2) is 5.68. The van der Waals surface area contributed by atoms with E-state index in [9.17, 15) is 23.1 Å². The molecule has 2 atom stereocenters. The first-order chi connectivity index (χ1) is 12.1. The lowest BCUT2D eigenvalue weighted by atomic mass is 10.0. The molecule has 0 aromatic carbocycles. The van der Waals surface area contributed by atoms with E-state index in [-0.39, 0.29) is 21.5 Å². The molecule has 1 amide bonds. The molecule has 0 spiro atoms. The molecular weight excluding hydrogens is 416 g/mol. The van der Waals surface area contributed by atoms with Gasteiger partial charge in [0.05, 0.1) is 9.90 Å². The third-order valence-electron chi connectivity index (χ3n) is 4.49. The summed E-state index contributed by atoms with van der Waals surface area (Å²) in [5, 5.41) is 9.33. The van der Waals surface area contributed by atoms with Crippen LogP contribution in [0.4, 0.5) is 4.79 Å². The minimum Gasteiger partial charge on any atom is -0.477 e. The number of fused-ring (bicyclic) bond motifs is 1. The minimum absolute atomic E-state index is 0.00792. The van der Waals surface area contributed by atoms with Crippen molar-refractivity contribution in [2.45, 2.75) is 50.6 Å². The van der Waals surface area contributed by atoms with Gasteiger partial charge < -0.3 is 9.84 Å². The number of amidine groups is 1.